The number of Topliss-reactive ketones (excluding diaryl/α,β-unsaturated/α-hetero) is 1. The fourth-order valence-corrected chi connectivity index (χ4v) is 3.74. The average Bonchev–Trinajstić information content (AvgIpc) is 3.02. The summed E-state index contributed by atoms with van der Waals surface area (Å²) in [4.78, 5) is 15.8. The zero-order valence-electron chi connectivity index (χ0n) is 13.8. The third kappa shape index (κ3) is 3.94. The highest BCUT2D eigenvalue weighted by Gasteiger charge is 2.14. The van der Waals surface area contributed by atoms with Crippen molar-refractivity contribution in [2.75, 3.05) is 6.54 Å². The number of carbonyl (C=O) groups is 1. The molecule has 1 N–H and O–H groups in total. The summed E-state index contributed by atoms with van der Waals surface area (Å²) in [6, 6.07) is 11.9. The van der Waals surface area contributed by atoms with E-state index in [0.717, 1.165) is 11.0 Å². The van der Waals surface area contributed by atoms with Crippen LogP contribution in [0, 0.1) is 0 Å². The topological polar surface area (TPSA) is 81.1 Å². The van der Waals surface area contributed by atoms with Crippen LogP contribution < -0.4 is 4.72 Å². The molecular formula is C18H19N3O3S. The summed E-state index contributed by atoms with van der Waals surface area (Å²) in [6.45, 7) is 2.38. The second kappa shape index (κ2) is 7.16. The number of benzene rings is 1. The van der Waals surface area contributed by atoms with Crippen LogP contribution >= 0.6 is 0 Å². The standard InChI is InChI=1S/C18H19N3O3S/c1-14(22)16-5-2-7-17(13-16)25(23,24)20-10-4-11-21-12-8-15-6-3-9-19-18(15)21/h2-3,5-9,12-13,20H,4,10-11H2,1H3. The van der Waals surface area contributed by atoms with Gasteiger partial charge in [-0.15, -0.1) is 0 Å². The minimum absolute atomic E-state index is 0.105. The van der Waals surface area contributed by atoms with E-state index in [1.165, 1.54) is 19.1 Å². The highest BCUT2D eigenvalue weighted by molar-refractivity contribution is 7.89. The zero-order valence-corrected chi connectivity index (χ0v) is 14.7. The molecule has 0 unspecified atom stereocenters. The van der Waals surface area contributed by atoms with Gasteiger partial charge in [-0.2, -0.15) is 0 Å². The van der Waals surface area contributed by atoms with Crippen LogP contribution in [0.3, 0.4) is 0 Å². The fourth-order valence-electron chi connectivity index (χ4n) is 2.62. The number of nitrogens with one attached hydrogen (secondary N) is 1. The lowest BCUT2D eigenvalue weighted by Gasteiger charge is -2.08. The maximum absolute atomic E-state index is 12.3. The van der Waals surface area contributed by atoms with Crippen LogP contribution in [-0.4, -0.2) is 30.3 Å². The van der Waals surface area contributed by atoms with E-state index >= 15 is 0 Å². The molecule has 0 fully saturated rings. The molecule has 0 saturated heterocycles. The minimum atomic E-state index is -3.63. The van der Waals surface area contributed by atoms with Crippen LogP contribution in [-0.2, 0) is 16.6 Å². The Kier molecular flexibility index (Phi) is 4.96. The van der Waals surface area contributed by atoms with Crippen molar-refractivity contribution < 1.29 is 13.2 Å². The van der Waals surface area contributed by atoms with Crippen LogP contribution in [0.5, 0.6) is 0 Å². The Labute approximate surface area is 146 Å². The molecule has 3 aromatic rings. The molecule has 0 radical (unpaired) electrons. The number of hydrogen-bond donors (Lipinski definition) is 1. The molecule has 3 rings (SSSR count). The number of carbonyl (C=O) groups excluding carboxylic acids is 1. The van der Waals surface area contributed by atoms with Crippen LogP contribution in [0.25, 0.3) is 11.0 Å². The van der Waals surface area contributed by atoms with Gasteiger partial charge in [0.2, 0.25) is 10.0 Å². The number of aromatic nitrogens is 2. The van der Waals surface area contributed by atoms with Crippen molar-refractivity contribution in [1.29, 1.82) is 0 Å². The van der Waals surface area contributed by atoms with Gasteiger partial charge in [0.1, 0.15) is 5.65 Å². The van der Waals surface area contributed by atoms with Crippen LogP contribution in [0.2, 0.25) is 0 Å². The van der Waals surface area contributed by atoms with Crippen LogP contribution in [0.15, 0.2) is 59.8 Å². The lowest BCUT2D eigenvalue weighted by atomic mass is 10.2. The Morgan fingerprint density at radius 2 is 2.04 bits per heavy atom. The van der Waals surface area contributed by atoms with Crippen LogP contribution in [0.4, 0.5) is 0 Å². The summed E-state index contributed by atoms with van der Waals surface area (Å²) in [5.74, 6) is -0.163. The molecule has 0 aliphatic rings. The quantitative estimate of drug-likeness (QED) is 0.521. The molecule has 0 atom stereocenters. The van der Waals surface area contributed by atoms with Crippen molar-refractivity contribution in [2.24, 2.45) is 0 Å². The number of ketones is 1. The third-order valence-corrected chi connectivity index (χ3v) is 5.40. The highest BCUT2D eigenvalue weighted by atomic mass is 32.2. The zero-order chi connectivity index (χ0) is 17.9. The molecule has 2 heterocycles. The molecule has 25 heavy (non-hydrogen) atoms. The first-order valence-corrected chi connectivity index (χ1v) is 9.46. The summed E-state index contributed by atoms with van der Waals surface area (Å²) in [7, 11) is -3.63. The maximum Gasteiger partial charge on any atom is 0.240 e. The molecular weight excluding hydrogens is 338 g/mol. The van der Waals surface area contributed by atoms with Crippen molar-refractivity contribution in [3.8, 4) is 0 Å². The van der Waals surface area contributed by atoms with Crippen molar-refractivity contribution in [1.82, 2.24) is 14.3 Å². The van der Waals surface area contributed by atoms with Crippen molar-refractivity contribution >= 4 is 26.8 Å². The van der Waals surface area contributed by atoms with Gasteiger partial charge in [0.25, 0.3) is 0 Å². The molecule has 0 aliphatic heterocycles. The van der Waals surface area contributed by atoms with Gasteiger partial charge in [0.05, 0.1) is 4.90 Å². The Morgan fingerprint density at radius 1 is 1.20 bits per heavy atom. The smallest absolute Gasteiger partial charge is 0.240 e. The second-order valence-electron chi connectivity index (χ2n) is 5.76. The first-order valence-electron chi connectivity index (χ1n) is 7.98. The summed E-state index contributed by atoms with van der Waals surface area (Å²) < 4.78 is 29.3. The predicted octanol–water partition coefficient (Wildman–Crippen LogP) is 2.61. The Bertz CT molecular complexity index is 1010. The maximum atomic E-state index is 12.3. The van der Waals surface area contributed by atoms with Gasteiger partial charge in [-0.3, -0.25) is 4.79 Å². The lowest BCUT2D eigenvalue weighted by molar-refractivity contribution is 0.101. The van der Waals surface area contributed by atoms with Crippen LogP contribution in [0.1, 0.15) is 23.7 Å². The van der Waals surface area contributed by atoms with E-state index < -0.39 is 10.0 Å². The third-order valence-electron chi connectivity index (χ3n) is 3.94. The van der Waals surface area contributed by atoms with E-state index in [9.17, 15) is 13.2 Å². The van der Waals surface area contributed by atoms with Gasteiger partial charge >= 0.3 is 0 Å². The second-order valence-corrected chi connectivity index (χ2v) is 7.53. The molecule has 0 bridgehead atoms. The molecule has 130 valence electrons. The number of hydrogen-bond acceptors (Lipinski definition) is 4. The van der Waals surface area contributed by atoms with Crippen molar-refractivity contribution in [2.45, 2.75) is 24.8 Å². The van der Waals surface area contributed by atoms with Gasteiger partial charge in [0.15, 0.2) is 5.78 Å². The Balaban J connectivity index is 1.61. The minimum Gasteiger partial charge on any atom is -0.332 e. The van der Waals surface area contributed by atoms with E-state index in [0.29, 0.717) is 25.1 Å². The van der Waals surface area contributed by atoms with Gasteiger partial charge in [-0.25, -0.2) is 18.1 Å². The van der Waals surface area contributed by atoms with Gasteiger partial charge < -0.3 is 4.57 Å². The Hall–Kier alpha value is -2.51. The predicted molar refractivity (Wildman–Crippen MR) is 96.0 cm³/mol. The number of rotatable bonds is 7. The summed E-state index contributed by atoms with van der Waals surface area (Å²) >= 11 is 0. The van der Waals surface area contributed by atoms with Crippen molar-refractivity contribution in [3.05, 3.63) is 60.4 Å². The van der Waals surface area contributed by atoms with Gasteiger partial charge in [0, 0.05) is 36.4 Å². The number of aryl methyl sites for hydroxylation is 1. The fraction of sp³-hybridized carbons (Fsp3) is 0.222. The molecule has 0 aliphatic carbocycles. The first-order chi connectivity index (χ1) is 12.0. The normalized spacial score (nSPS) is 11.7. The summed E-state index contributed by atoms with van der Waals surface area (Å²) in [5.41, 5.74) is 1.27. The van der Waals surface area contributed by atoms with E-state index in [-0.39, 0.29) is 10.7 Å². The van der Waals surface area contributed by atoms with E-state index in [2.05, 4.69) is 9.71 Å². The summed E-state index contributed by atoms with van der Waals surface area (Å²) in [5, 5.41) is 1.06. The van der Waals surface area contributed by atoms with Gasteiger partial charge in [-0.1, -0.05) is 12.1 Å². The number of sulfonamides is 1. The van der Waals surface area contributed by atoms with E-state index in [1.54, 1.807) is 18.3 Å². The molecule has 6 nitrogen and oxygen atoms in total. The number of nitrogens with zero attached hydrogens (tertiary/aromatic N) is 2. The molecule has 1 aromatic carbocycles. The number of pyridine rings is 1. The Morgan fingerprint density at radius 3 is 2.84 bits per heavy atom. The van der Waals surface area contributed by atoms with Crippen molar-refractivity contribution in [3.63, 3.8) is 0 Å². The average molecular weight is 357 g/mol. The lowest BCUT2D eigenvalue weighted by Crippen LogP contribution is -2.25. The SMILES string of the molecule is CC(=O)c1cccc(S(=O)(=O)NCCCn2ccc3cccnc32)c1. The highest BCUT2D eigenvalue weighted by Crippen LogP contribution is 2.14. The van der Waals surface area contributed by atoms with E-state index in [1.807, 2.05) is 29.0 Å². The molecule has 0 saturated carbocycles. The van der Waals surface area contributed by atoms with E-state index in [4.69, 9.17) is 0 Å². The first kappa shape index (κ1) is 17.3. The molecule has 0 spiro atoms. The number of fused-ring (bicyclic) bond motifs is 1. The monoisotopic (exact) mass is 357 g/mol. The molecule has 2 aromatic heterocycles. The molecule has 7 heteroatoms. The summed E-state index contributed by atoms with van der Waals surface area (Å²) in [6.07, 6.45) is 4.32. The largest absolute Gasteiger partial charge is 0.332 e. The molecule has 0 amide bonds. The van der Waals surface area contributed by atoms with Gasteiger partial charge in [-0.05, 0) is 43.7 Å².